The number of aryl methyl sites for hydroxylation is 1. The van der Waals surface area contributed by atoms with Crippen molar-refractivity contribution in [1.29, 1.82) is 0 Å². The van der Waals surface area contributed by atoms with Crippen LogP contribution in [-0.4, -0.2) is 31.7 Å². The Morgan fingerprint density at radius 3 is 2.56 bits per heavy atom. The monoisotopic (exact) mass is 362 g/mol. The third-order valence-corrected chi connectivity index (χ3v) is 6.11. The van der Waals surface area contributed by atoms with Gasteiger partial charge in [0.25, 0.3) is 0 Å². The van der Waals surface area contributed by atoms with Crippen molar-refractivity contribution >= 4 is 15.9 Å². The lowest BCUT2D eigenvalue weighted by molar-refractivity contribution is -0.127. The van der Waals surface area contributed by atoms with Gasteiger partial charge in [-0.25, -0.2) is 12.8 Å². The molecule has 0 radical (unpaired) electrons. The van der Waals surface area contributed by atoms with Gasteiger partial charge >= 0.3 is 0 Å². The molecule has 0 saturated carbocycles. The molecule has 1 unspecified atom stereocenters. The zero-order valence-electron chi connectivity index (χ0n) is 13.8. The van der Waals surface area contributed by atoms with E-state index in [2.05, 4.69) is 5.32 Å². The lowest BCUT2D eigenvalue weighted by atomic mass is 10.0. The second-order valence-corrected chi connectivity index (χ2v) is 7.93. The zero-order valence-corrected chi connectivity index (χ0v) is 14.6. The van der Waals surface area contributed by atoms with Gasteiger partial charge in [-0.3, -0.25) is 4.79 Å². The van der Waals surface area contributed by atoms with E-state index in [9.17, 15) is 17.6 Å². The number of nitrogens with one attached hydrogen (secondary N) is 1. The van der Waals surface area contributed by atoms with Crippen LogP contribution in [0.4, 0.5) is 4.39 Å². The summed E-state index contributed by atoms with van der Waals surface area (Å²) in [5.74, 6) is -1.33. The minimum absolute atomic E-state index is 0.0630. The van der Waals surface area contributed by atoms with Gasteiger partial charge in [-0.2, -0.15) is 4.31 Å². The summed E-state index contributed by atoms with van der Waals surface area (Å²) in [5.41, 5.74) is 1.59. The van der Waals surface area contributed by atoms with E-state index in [0.717, 1.165) is 9.87 Å². The van der Waals surface area contributed by atoms with E-state index in [1.165, 1.54) is 18.2 Å². The average molecular weight is 362 g/mol. The van der Waals surface area contributed by atoms with Gasteiger partial charge in [-0.1, -0.05) is 42.5 Å². The fourth-order valence-corrected chi connectivity index (χ4v) is 4.77. The van der Waals surface area contributed by atoms with Gasteiger partial charge in [0, 0.05) is 18.7 Å². The highest BCUT2D eigenvalue weighted by molar-refractivity contribution is 7.88. The Labute approximate surface area is 146 Å². The molecular weight excluding hydrogens is 343 g/mol. The van der Waals surface area contributed by atoms with Gasteiger partial charge in [-0.05, 0) is 24.1 Å². The molecule has 1 atom stereocenters. The smallest absolute Gasteiger partial charge is 0.243 e. The maximum absolute atomic E-state index is 14.2. The summed E-state index contributed by atoms with van der Waals surface area (Å²) in [6, 6.07) is 11.8. The first-order chi connectivity index (χ1) is 11.9. The number of nitrogens with zero attached hydrogens (tertiary/aromatic N) is 1. The average Bonchev–Trinajstić information content (AvgIpc) is 2.57. The number of hydrogen-bond donors (Lipinski definition) is 1. The topological polar surface area (TPSA) is 66.5 Å². The predicted molar refractivity (Wildman–Crippen MR) is 92.7 cm³/mol. The highest BCUT2D eigenvalue weighted by atomic mass is 32.2. The van der Waals surface area contributed by atoms with Crippen LogP contribution in [0.15, 0.2) is 48.5 Å². The first-order valence-electron chi connectivity index (χ1n) is 7.96. The van der Waals surface area contributed by atoms with Crippen LogP contribution in [0.1, 0.15) is 22.7 Å². The van der Waals surface area contributed by atoms with Crippen molar-refractivity contribution in [2.45, 2.75) is 18.7 Å². The molecule has 1 N–H and O–H groups in total. The first-order valence-corrected chi connectivity index (χ1v) is 9.57. The number of benzene rings is 2. The molecule has 0 spiro atoms. The Balaban J connectivity index is 1.99. The SMILES string of the molecule is Cc1ccccc1CS(=O)(=O)N1CCNC(=O)C1c1ccccc1F. The molecule has 0 bridgehead atoms. The number of sulfonamides is 1. The van der Waals surface area contributed by atoms with Crippen LogP contribution < -0.4 is 5.32 Å². The molecule has 0 aliphatic carbocycles. The largest absolute Gasteiger partial charge is 0.353 e. The van der Waals surface area contributed by atoms with Gasteiger partial charge in [0.15, 0.2) is 0 Å². The van der Waals surface area contributed by atoms with Crippen LogP contribution in [0, 0.1) is 12.7 Å². The third kappa shape index (κ3) is 3.57. The molecule has 1 amide bonds. The number of amides is 1. The second kappa shape index (κ2) is 6.93. The molecule has 3 rings (SSSR count). The summed E-state index contributed by atoms with van der Waals surface area (Å²) in [6.45, 7) is 2.15. The van der Waals surface area contributed by atoms with Crippen LogP contribution in [0.2, 0.25) is 0 Å². The number of rotatable bonds is 4. The Morgan fingerprint density at radius 1 is 1.16 bits per heavy atom. The summed E-state index contributed by atoms with van der Waals surface area (Å²) < 4.78 is 41.2. The van der Waals surface area contributed by atoms with Gasteiger partial charge in [-0.15, -0.1) is 0 Å². The minimum Gasteiger partial charge on any atom is -0.353 e. The Hall–Kier alpha value is -2.25. The number of carbonyl (C=O) groups is 1. The zero-order chi connectivity index (χ0) is 18.0. The molecule has 1 aliphatic heterocycles. The minimum atomic E-state index is -3.80. The summed E-state index contributed by atoms with van der Waals surface area (Å²) in [6.07, 6.45) is 0. The van der Waals surface area contributed by atoms with Crippen molar-refractivity contribution in [2.75, 3.05) is 13.1 Å². The summed E-state index contributed by atoms with van der Waals surface area (Å²) >= 11 is 0. The van der Waals surface area contributed by atoms with Gasteiger partial charge in [0.05, 0.1) is 5.75 Å². The molecule has 132 valence electrons. The van der Waals surface area contributed by atoms with E-state index < -0.39 is 27.8 Å². The van der Waals surface area contributed by atoms with E-state index in [4.69, 9.17) is 0 Å². The lowest BCUT2D eigenvalue weighted by Crippen LogP contribution is -2.52. The molecule has 25 heavy (non-hydrogen) atoms. The van der Waals surface area contributed by atoms with Crippen LogP contribution in [0.25, 0.3) is 0 Å². The predicted octanol–water partition coefficient (Wildman–Crippen LogP) is 2.14. The first kappa shape index (κ1) is 17.6. The molecule has 1 heterocycles. The van der Waals surface area contributed by atoms with Crippen molar-refractivity contribution in [3.05, 3.63) is 71.0 Å². The van der Waals surface area contributed by atoms with Crippen LogP contribution in [0.3, 0.4) is 0 Å². The second-order valence-electron chi connectivity index (χ2n) is 6.01. The fraction of sp³-hybridized carbons (Fsp3) is 0.278. The van der Waals surface area contributed by atoms with E-state index in [0.29, 0.717) is 5.56 Å². The number of piperazine rings is 1. The van der Waals surface area contributed by atoms with Crippen molar-refractivity contribution in [2.24, 2.45) is 0 Å². The standard InChI is InChI=1S/C18H19FN2O3S/c1-13-6-2-3-7-14(13)12-25(23,24)21-11-10-20-18(22)17(21)15-8-4-5-9-16(15)19/h2-9,17H,10-12H2,1H3,(H,20,22). The van der Waals surface area contributed by atoms with Crippen molar-refractivity contribution in [1.82, 2.24) is 9.62 Å². The van der Waals surface area contributed by atoms with Gasteiger partial charge in [0.1, 0.15) is 11.9 Å². The van der Waals surface area contributed by atoms with E-state index in [-0.39, 0.29) is 24.4 Å². The van der Waals surface area contributed by atoms with Crippen LogP contribution >= 0.6 is 0 Å². The molecule has 0 aromatic heterocycles. The van der Waals surface area contributed by atoms with Crippen LogP contribution in [0.5, 0.6) is 0 Å². The number of halogens is 1. The quantitative estimate of drug-likeness (QED) is 0.906. The normalized spacial score (nSPS) is 18.8. The highest BCUT2D eigenvalue weighted by Gasteiger charge is 2.39. The van der Waals surface area contributed by atoms with Gasteiger partial charge in [0.2, 0.25) is 15.9 Å². The molecule has 1 saturated heterocycles. The Morgan fingerprint density at radius 2 is 1.84 bits per heavy atom. The van der Waals surface area contributed by atoms with Crippen molar-refractivity contribution in [3.8, 4) is 0 Å². The fourth-order valence-electron chi connectivity index (χ4n) is 2.99. The Kier molecular flexibility index (Phi) is 4.87. The molecule has 7 heteroatoms. The van der Waals surface area contributed by atoms with Crippen molar-refractivity contribution < 1.29 is 17.6 Å². The summed E-state index contributed by atoms with van der Waals surface area (Å²) in [4.78, 5) is 12.3. The molecule has 2 aromatic carbocycles. The molecule has 1 fully saturated rings. The lowest BCUT2D eigenvalue weighted by Gasteiger charge is -2.34. The van der Waals surface area contributed by atoms with E-state index >= 15 is 0 Å². The maximum Gasteiger partial charge on any atom is 0.243 e. The van der Waals surface area contributed by atoms with Crippen molar-refractivity contribution in [3.63, 3.8) is 0 Å². The summed E-state index contributed by atoms with van der Waals surface area (Å²) in [5, 5.41) is 2.62. The van der Waals surface area contributed by atoms with E-state index in [1.54, 1.807) is 18.2 Å². The molecule has 2 aromatic rings. The number of carbonyl (C=O) groups excluding carboxylic acids is 1. The highest BCUT2D eigenvalue weighted by Crippen LogP contribution is 2.29. The summed E-state index contributed by atoms with van der Waals surface area (Å²) in [7, 11) is -3.80. The van der Waals surface area contributed by atoms with Gasteiger partial charge < -0.3 is 5.32 Å². The maximum atomic E-state index is 14.2. The Bertz CT molecular complexity index is 899. The number of hydrogen-bond acceptors (Lipinski definition) is 3. The molecule has 1 aliphatic rings. The van der Waals surface area contributed by atoms with Crippen LogP contribution in [-0.2, 0) is 20.6 Å². The molecular formula is C18H19FN2O3S. The van der Waals surface area contributed by atoms with E-state index in [1.807, 2.05) is 19.1 Å². The molecule has 5 nitrogen and oxygen atoms in total. The third-order valence-electron chi connectivity index (χ3n) is 4.32.